The van der Waals surface area contributed by atoms with Crippen molar-refractivity contribution in [2.75, 3.05) is 5.73 Å². The fourth-order valence-electron chi connectivity index (χ4n) is 5.57. The molecule has 0 radical (unpaired) electrons. The van der Waals surface area contributed by atoms with Gasteiger partial charge in [0, 0.05) is 28.4 Å². The second-order valence-electron chi connectivity index (χ2n) is 10.1. The first-order chi connectivity index (χ1) is 16.2. The number of carboxylic acids is 1. The van der Waals surface area contributed by atoms with Crippen LogP contribution in [0.1, 0.15) is 56.7 Å². The van der Waals surface area contributed by atoms with Gasteiger partial charge in [-0.1, -0.05) is 26.0 Å². The molecule has 1 heterocycles. The van der Waals surface area contributed by atoms with Crippen LogP contribution in [0.4, 0.5) is 10.1 Å². The Kier molecular flexibility index (Phi) is 5.30. The quantitative estimate of drug-likeness (QED) is 0.319. The van der Waals surface area contributed by atoms with E-state index in [0.29, 0.717) is 30.0 Å². The van der Waals surface area contributed by atoms with Crippen LogP contribution in [-0.2, 0) is 4.79 Å². The lowest BCUT2D eigenvalue weighted by Gasteiger charge is -2.55. The topological polar surface area (TPSA) is 109 Å². The summed E-state index contributed by atoms with van der Waals surface area (Å²) in [6.45, 7) is 4.11. The van der Waals surface area contributed by atoms with Gasteiger partial charge in [-0.15, -0.1) is 0 Å². The molecule has 6 nitrogen and oxygen atoms in total. The van der Waals surface area contributed by atoms with E-state index in [9.17, 15) is 14.3 Å². The zero-order valence-electron chi connectivity index (χ0n) is 19.3. The predicted molar refractivity (Wildman–Crippen MR) is 130 cm³/mol. The lowest BCUT2D eigenvalue weighted by molar-refractivity contribution is -0.161. The van der Waals surface area contributed by atoms with Gasteiger partial charge in [0.1, 0.15) is 11.9 Å². The van der Waals surface area contributed by atoms with Crippen molar-refractivity contribution in [3.05, 3.63) is 53.5 Å². The van der Waals surface area contributed by atoms with Crippen LogP contribution in [0.3, 0.4) is 0 Å². The summed E-state index contributed by atoms with van der Waals surface area (Å²) in [6.07, 6.45) is 4.28. The molecule has 0 bridgehead atoms. The number of fused-ring (bicyclic) bond motifs is 1. The maximum atomic E-state index is 13.7. The molecule has 1 spiro atoms. The summed E-state index contributed by atoms with van der Waals surface area (Å²) in [5.74, 6) is -0.679. The number of carboxylic acid groups (broad SMARTS) is 1. The summed E-state index contributed by atoms with van der Waals surface area (Å²) < 4.78 is 20.0. The SMILES string of the molecule is CC(C)c1nc(OC2CC3(C2)CC(C(=O)O)C3)c2cc(N)c(C=N)cc2c1-c1ccc(F)cc1. The third kappa shape index (κ3) is 3.69. The highest BCUT2D eigenvalue weighted by molar-refractivity contribution is 6.05. The molecule has 0 saturated heterocycles. The largest absolute Gasteiger partial charge is 0.481 e. The number of benzene rings is 2. The number of nitrogen functional groups attached to an aromatic ring is 1. The molecule has 0 aliphatic heterocycles. The number of hydrogen-bond donors (Lipinski definition) is 3. The van der Waals surface area contributed by atoms with E-state index in [-0.39, 0.29) is 29.2 Å². The Hall–Kier alpha value is -3.48. The van der Waals surface area contributed by atoms with Crippen LogP contribution in [0.25, 0.3) is 21.9 Å². The Morgan fingerprint density at radius 3 is 2.47 bits per heavy atom. The Morgan fingerprint density at radius 1 is 1.21 bits per heavy atom. The molecule has 34 heavy (non-hydrogen) atoms. The summed E-state index contributed by atoms with van der Waals surface area (Å²) in [7, 11) is 0. The Balaban J connectivity index is 1.57. The predicted octanol–water partition coefficient (Wildman–Crippen LogP) is 5.77. The van der Waals surface area contributed by atoms with Gasteiger partial charge < -0.3 is 21.0 Å². The van der Waals surface area contributed by atoms with E-state index >= 15 is 0 Å². The number of aromatic nitrogens is 1. The van der Waals surface area contributed by atoms with Crippen molar-refractivity contribution >= 4 is 28.6 Å². The number of halogens is 1. The molecule has 5 rings (SSSR count). The first-order valence-electron chi connectivity index (χ1n) is 11.6. The number of nitrogens with zero attached hydrogens (tertiary/aromatic N) is 1. The van der Waals surface area contributed by atoms with Crippen LogP contribution >= 0.6 is 0 Å². The lowest BCUT2D eigenvalue weighted by Crippen LogP contribution is -2.53. The fraction of sp³-hybridized carbons (Fsp3) is 0.370. The summed E-state index contributed by atoms with van der Waals surface area (Å²) in [5, 5.41) is 18.6. The summed E-state index contributed by atoms with van der Waals surface area (Å²) in [6, 6.07) is 10.0. The second-order valence-corrected chi connectivity index (χ2v) is 10.1. The molecule has 2 aromatic carbocycles. The number of nitrogens with two attached hydrogens (primary N) is 1. The van der Waals surface area contributed by atoms with Gasteiger partial charge in [0.05, 0.1) is 11.6 Å². The van der Waals surface area contributed by atoms with Crippen LogP contribution in [-0.4, -0.2) is 28.4 Å². The standard InChI is InChI=1S/C27H28FN3O3/c1-14(2)24-23(15-3-5-18(28)6-4-15)20-7-16(13-29)22(30)8-21(20)25(31-24)34-19-11-27(12-19)9-17(10-27)26(32)33/h3-8,13-14,17,19,29H,9-12,30H2,1-2H3,(H,32,33). The molecule has 2 fully saturated rings. The maximum Gasteiger partial charge on any atom is 0.306 e. The van der Waals surface area contributed by atoms with Crippen molar-refractivity contribution in [3.63, 3.8) is 0 Å². The molecule has 7 heteroatoms. The van der Waals surface area contributed by atoms with Crippen molar-refractivity contribution in [2.24, 2.45) is 11.3 Å². The summed E-state index contributed by atoms with van der Waals surface area (Å²) >= 11 is 0. The van der Waals surface area contributed by atoms with Crippen molar-refractivity contribution < 1.29 is 19.0 Å². The molecule has 0 amide bonds. The third-order valence-corrected chi connectivity index (χ3v) is 7.34. The fourth-order valence-corrected chi connectivity index (χ4v) is 5.57. The van der Waals surface area contributed by atoms with Gasteiger partial charge in [0.15, 0.2) is 0 Å². The van der Waals surface area contributed by atoms with Crippen molar-refractivity contribution in [2.45, 2.75) is 51.6 Å². The van der Waals surface area contributed by atoms with Crippen LogP contribution in [0.15, 0.2) is 36.4 Å². The molecule has 4 N–H and O–H groups in total. The van der Waals surface area contributed by atoms with Gasteiger partial charge in [-0.3, -0.25) is 4.79 Å². The van der Waals surface area contributed by atoms with E-state index in [1.165, 1.54) is 18.3 Å². The van der Waals surface area contributed by atoms with Gasteiger partial charge >= 0.3 is 5.97 Å². The van der Waals surface area contributed by atoms with Crippen LogP contribution in [0.2, 0.25) is 0 Å². The molecule has 2 saturated carbocycles. The first kappa shape index (κ1) is 22.3. The normalized spacial score (nSPS) is 23.5. The minimum absolute atomic E-state index is 0.0224. The minimum Gasteiger partial charge on any atom is -0.481 e. The number of rotatable bonds is 6. The van der Waals surface area contributed by atoms with E-state index in [1.54, 1.807) is 18.2 Å². The van der Waals surface area contributed by atoms with E-state index < -0.39 is 5.97 Å². The molecule has 3 aromatic rings. The van der Waals surface area contributed by atoms with Gasteiger partial charge in [0.25, 0.3) is 0 Å². The maximum absolute atomic E-state index is 13.7. The highest BCUT2D eigenvalue weighted by atomic mass is 19.1. The van der Waals surface area contributed by atoms with Crippen LogP contribution in [0, 0.1) is 22.6 Å². The Morgan fingerprint density at radius 2 is 1.88 bits per heavy atom. The molecular formula is C27H28FN3O3. The van der Waals surface area contributed by atoms with Crippen LogP contribution < -0.4 is 10.5 Å². The summed E-state index contributed by atoms with van der Waals surface area (Å²) in [5.41, 5.74) is 9.93. The number of nitrogens with one attached hydrogen (secondary N) is 1. The average Bonchev–Trinajstić information content (AvgIpc) is 2.74. The zero-order chi connectivity index (χ0) is 24.2. The molecule has 2 aliphatic carbocycles. The van der Waals surface area contributed by atoms with E-state index in [4.69, 9.17) is 20.9 Å². The number of ether oxygens (including phenoxy) is 1. The highest BCUT2D eigenvalue weighted by Crippen LogP contribution is 2.59. The molecule has 176 valence electrons. The Labute approximate surface area is 197 Å². The van der Waals surface area contributed by atoms with Gasteiger partial charge in [-0.25, -0.2) is 9.37 Å². The number of carbonyl (C=O) groups is 1. The van der Waals surface area contributed by atoms with Crippen LogP contribution in [0.5, 0.6) is 5.88 Å². The molecular weight excluding hydrogens is 433 g/mol. The lowest BCUT2D eigenvalue weighted by atomic mass is 9.50. The highest BCUT2D eigenvalue weighted by Gasteiger charge is 2.56. The molecule has 2 aliphatic rings. The number of anilines is 1. The van der Waals surface area contributed by atoms with Gasteiger partial charge in [-0.05, 0) is 72.2 Å². The third-order valence-electron chi connectivity index (χ3n) is 7.34. The average molecular weight is 462 g/mol. The van der Waals surface area contributed by atoms with Crippen molar-refractivity contribution in [1.29, 1.82) is 5.41 Å². The molecule has 0 unspecified atom stereocenters. The van der Waals surface area contributed by atoms with Gasteiger partial charge in [0.2, 0.25) is 5.88 Å². The first-order valence-corrected chi connectivity index (χ1v) is 11.6. The Bertz CT molecular complexity index is 1290. The van der Waals surface area contributed by atoms with Gasteiger partial charge in [-0.2, -0.15) is 0 Å². The second kappa shape index (κ2) is 8.08. The van der Waals surface area contributed by atoms with E-state index in [0.717, 1.165) is 40.4 Å². The number of pyridine rings is 1. The number of hydrogen-bond acceptors (Lipinski definition) is 5. The van der Waals surface area contributed by atoms with E-state index in [1.807, 2.05) is 6.07 Å². The molecule has 0 atom stereocenters. The summed E-state index contributed by atoms with van der Waals surface area (Å²) in [4.78, 5) is 16.1. The van der Waals surface area contributed by atoms with Crippen molar-refractivity contribution in [1.82, 2.24) is 4.98 Å². The molecule has 1 aromatic heterocycles. The van der Waals surface area contributed by atoms with E-state index in [2.05, 4.69) is 13.8 Å². The van der Waals surface area contributed by atoms with Crippen molar-refractivity contribution in [3.8, 4) is 17.0 Å². The monoisotopic (exact) mass is 461 g/mol. The minimum atomic E-state index is -0.710. The smallest absolute Gasteiger partial charge is 0.306 e. The zero-order valence-corrected chi connectivity index (χ0v) is 19.3. The number of aliphatic carboxylic acids is 1.